The number of aliphatic hydroxyl groups is 1. The Hall–Kier alpha value is -2.33. The molecule has 4 heteroatoms. The summed E-state index contributed by atoms with van der Waals surface area (Å²) in [6.07, 6.45) is 0.369. The van der Waals surface area contributed by atoms with E-state index in [1.807, 2.05) is 37.3 Å². The first-order valence-corrected chi connectivity index (χ1v) is 6.72. The topological polar surface area (TPSA) is 46.0 Å². The highest BCUT2D eigenvalue weighted by Crippen LogP contribution is 2.27. The molecule has 1 N–H and O–H groups in total. The van der Waals surface area contributed by atoms with Gasteiger partial charge in [0.15, 0.2) is 0 Å². The average molecular weight is 282 g/mol. The number of rotatable bonds is 2. The summed E-state index contributed by atoms with van der Waals surface area (Å²) < 4.78 is 14.2. The number of hydrogen-bond acceptors (Lipinski definition) is 3. The van der Waals surface area contributed by atoms with Crippen LogP contribution in [0, 0.1) is 19.7 Å². The Balaban J connectivity index is 2.10. The third-order valence-electron chi connectivity index (χ3n) is 3.50. The van der Waals surface area contributed by atoms with Crippen molar-refractivity contribution in [3.05, 3.63) is 70.8 Å². The lowest BCUT2D eigenvalue weighted by molar-refractivity contribution is 0.209. The molecule has 0 aliphatic carbocycles. The molecule has 0 bridgehead atoms. The predicted octanol–water partition coefficient (Wildman–Crippen LogP) is 3.47. The van der Waals surface area contributed by atoms with Crippen LogP contribution in [0.2, 0.25) is 0 Å². The van der Waals surface area contributed by atoms with Gasteiger partial charge in [-0.2, -0.15) is 0 Å². The monoisotopic (exact) mass is 282 g/mol. The van der Waals surface area contributed by atoms with E-state index >= 15 is 0 Å². The minimum absolute atomic E-state index is 0.255. The smallest absolute Gasteiger partial charge is 0.129 e. The number of nitrogens with zero attached hydrogens (tertiary/aromatic N) is 2. The van der Waals surface area contributed by atoms with Crippen molar-refractivity contribution in [1.29, 1.82) is 0 Å². The first kappa shape index (κ1) is 13.6. The zero-order valence-corrected chi connectivity index (χ0v) is 11.8. The summed E-state index contributed by atoms with van der Waals surface area (Å²) in [5.41, 5.74) is 3.55. The maximum atomic E-state index is 14.2. The number of halogens is 1. The summed E-state index contributed by atoms with van der Waals surface area (Å²) in [6, 6.07) is 10.6. The van der Waals surface area contributed by atoms with Crippen LogP contribution in [0.4, 0.5) is 4.39 Å². The Morgan fingerprint density at radius 3 is 2.52 bits per heavy atom. The number of aromatic nitrogens is 2. The molecule has 3 nitrogen and oxygen atoms in total. The molecule has 0 saturated heterocycles. The molecule has 0 amide bonds. The number of hydrogen-bond donors (Lipinski definition) is 1. The third-order valence-corrected chi connectivity index (χ3v) is 3.50. The summed E-state index contributed by atoms with van der Waals surface area (Å²) in [4.78, 5) is 8.64. The van der Waals surface area contributed by atoms with E-state index in [2.05, 4.69) is 9.97 Å². The van der Waals surface area contributed by atoms with Gasteiger partial charge >= 0.3 is 0 Å². The first-order valence-electron chi connectivity index (χ1n) is 6.72. The average Bonchev–Trinajstić information content (AvgIpc) is 2.45. The van der Waals surface area contributed by atoms with Crippen LogP contribution in [0.1, 0.15) is 28.5 Å². The van der Waals surface area contributed by atoms with Crippen LogP contribution in [-0.2, 0) is 0 Å². The first-order chi connectivity index (χ1) is 10.1. The number of aliphatic hydroxyl groups excluding tert-OH is 1. The van der Waals surface area contributed by atoms with E-state index in [0.717, 1.165) is 11.1 Å². The number of fused-ring (bicyclic) bond motifs is 1. The molecular weight excluding hydrogens is 267 g/mol. The standard InChI is InChI=1S/C17H15FN2O/c1-10-7-11(2)16(12(18)8-10)17(21)15-9-19-13-5-3-4-6-14(13)20-15/h3-9,17,21H,1-2H3. The van der Waals surface area contributed by atoms with Crippen LogP contribution in [-0.4, -0.2) is 15.1 Å². The summed E-state index contributed by atoms with van der Waals surface area (Å²) >= 11 is 0. The second kappa shape index (κ2) is 5.22. The molecule has 0 aliphatic rings. The fourth-order valence-corrected chi connectivity index (χ4v) is 2.52. The van der Waals surface area contributed by atoms with E-state index in [0.29, 0.717) is 16.8 Å². The molecule has 0 fully saturated rings. The molecule has 1 heterocycles. The van der Waals surface area contributed by atoms with Crippen LogP contribution in [0.25, 0.3) is 11.0 Å². The van der Waals surface area contributed by atoms with Crippen LogP contribution >= 0.6 is 0 Å². The fraction of sp³-hybridized carbons (Fsp3) is 0.176. The van der Waals surface area contributed by atoms with Crippen LogP contribution in [0.3, 0.4) is 0 Å². The van der Waals surface area contributed by atoms with Gasteiger partial charge in [-0.1, -0.05) is 18.2 Å². The van der Waals surface area contributed by atoms with Crippen molar-refractivity contribution in [3.8, 4) is 0 Å². The minimum atomic E-state index is -1.12. The van der Waals surface area contributed by atoms with E-state index < -0.39 is 11.9 Å². The molecule has 3 rings (SSSR count). The second-order valence-corrected chi connectivity index (χ2v) is 5.16. The summed E-state index contributed by atoms with van der Waals surface area (Å²) in [7, 11) is 0. The van der Waals surface area contributed by atoms with Gasteiger partial charge in [-0.25, -0.2) is 9.37 Å². The molecule has 1 unspecified atom stereocenters. The van der Waals surface area contributed by atoms with Crippen LogP contribution < -0.4 is 0 Å². The van der Waals surface area contributed by atoms with Crippen molar-refractivity contribution >= 4 is 11.0 Å². The highest BCUT2D eigenvalue weighted by Gasteiger charge is 2.20. The second-order valence-electron chi connectivity index (χ2n) is 5.16. The molecule has 0 saturated carbocycles. The van der Waals surface area contributed by atoms with E-state index in [4.69, 9.17) is 0 Å². The Morgan fingerprint density at radius 2 is 1.81 bits per heavy atom. The largest absolute Gasteiger partial charge is 0.382 e. The zero-order valence-electron chi connectivity index (χ0n) is 11.8. The Kier molecular flexibility index (Phi) is 3.39. The maximum absolute atomic E-state index is 14.2. The van der Waals surface area contributed by atoms with Crippen molar-refractivity contribution in [2.24, 2.45) is 0 Å². The normalized spacial score (nSPS) is 12.6. The minimum Gasteiger partial charge on any atom is -0.382 e. The van der Waals surface area contributed by atoms with Crippen molar-refractivity contribution in [3.63, 3.8) is 0 Å². The molecule has 106 valence electrons. The fourth-order valence-electron chi connectivity index (χ4n) is 2.52. The Labute approximate surface area is 122 Å². The van der Waals surface area contributed by atoms with E-state index in [9.17, 15) is 9.50 Å². The lowest BCUT2D eigenvalue weighted by Crippen LogP contribution is -2.08. The quantitative estimate of drug-likeness (QED) is 0.783. The molecule has 0 aliphatic heterocycles. The number of benzene rings is 2. The zero-order chi connectivity index (χ0) is 15.0. The van der Waals surface area contributed by atoms with Gasteiger partial charge in [-0.15, -0.1) is 0 Å². The summed E-state index contributed by atoms with van der Waals surface area (Å²) in [6.45, 7) is 3.60. The Morgan fingerprint density at radius 1 is 1.10 bits per heavy atom. The van der Waals surface area contributed by atoms with Gasteiger partial charge in [0, 0.05) is 5.56 Å². The molecule has 21 heavy (non-hydrogen) atoms. The number of para-hydroxylation sites is 2. The SMILES string of the molecule is Cc1cc(C)c(C(O)c2cnc3ccccc3n2)c(F)c1. The highest BCUT2D eigenvalue weighted by atomic mass is 19.1. The van der Waals surface area contributed by atoms with Crippen LogP contribution in [0.15, 0.2) is 42.6 Å². The van der Waals surface area contributed by atoms with Gasteiger partial charge in [-0.3, -0.25) is 4.98 Å². The lowest BCUT2D eigenvalue weighted by atomic mass is 9.98. The molecule has 3 aromatic rings. The van der Waals surface area contributed by atoms with Gasteiger partial charge in [-0.05, 0) is 43.2 Å². The van der Waals surface area contributed by atoms with Gasteiger partial charge in [0.1, 0.15) is 11.9 Å². The Bertz CT molecular complexity index is 794. The van der Waals surface area contributed by atoms with E-state index in [1.165, 1.54) is 12.3 Å². The molecule has 2 aromatic carbocycles. The molecule has 1 atom stereocenters. The van der Waals surface area contributed by atoms with Gasteiger partial charge < -0.3 is 5.11 Å². The lowest BCUT2D eigenvalue weighted by Gasteiger charge is -2.15. The molecule has 1 aromatic heterocycles. The van der Waals surface area contributed by atoms with Crippen molar-refractivity contribution in [1.82, 2.24) is 9.97 Å². The van der Waals surface area contributed by atoms with E-state index in [1.54, 1.807) is 6.92 Å². The molecule has 0 radical (unpaired) electrons. The van der Waals surface area contributed by atoms with Crippen molar-refractivity contribution in [2.75, 3.05) is 0 Å². The summed E-state index contributed by atoms with van der Waals surface area (Å²) in [5.74, 6) is -0.421. The van der Waals surface area contributed by atoms with Crippen molar-refractivity contribution in [2.45, 2.75) is 20.0 Å². The summed E-state index contributed by atoms with van der Waals surface area (Å²) in [5, 5.41) is 10.5. The van der Waals surface area contributed by atoms with Gasteiger partial charge in [0.05, 0.1) is 22.9 Å². The van der Waals surface area contributed by atoms with Crippen molar-refractivity contribution < 1.29 is 9.50 Å². The number of aryl methyl sites for hydroxylation is 2. The van der Waals surface area contributed by atoms with Crippen LogP contribution in [0.5, 0.6) is 0 Å². The predicted molar refractivity (Wildman–Crippen MR) is 79.5 cm³/mol. The van der Waals surface area contributed by atoms with Gasteiger partial charge in [0.2, 0.25) is 0 Å². The third kappa shape index (κ3) is 2.50. The molecule has 0 spiro atoms. The van der Waals surface area contributed by atoms with E-state index in [-0.39, 0.29) is 5.56 Å². The molecular formula is C17H15FN2O. The highest BCUT2D eigenvalue weighted by molar-refractivity contribution is 5.73. The van der Waals surface area contributed by atoms with Gasteiger partial charge in [0.25, 0.3) is 0 Å². The maximum Gasteiger partial charge on any atom is 0.129 e.